The molecule has 3 atom stereocenters. The molecule has 4 aliphatic carbocycles. The van der Waals surface area contributed by atoms with Crippen molar-refractivity contribution >= 4 is 11.7 Å². The molecule has 4 saturated carbocycles. The standard InChI is InChI=1S/C40H50N4O4/c45-27-29-6-8-33(9-7-29)37-21-36(26-44-16-14-43(15-17-44)25-28-4-2-1-3-5-28)47-38(48-37)34-10-12-35(13-11-34)41-39(46)42-40-22-30-18-31(23-40)20-32(19-30)24-40/h1-13,30-32,36-38,45H,14-27H2,(H2,41,42,46)/t30?,31?,32?,36-,37+,38+,40?/m1/s1. The Morgan fingerprint density at radius 1 is 0.729 bits per heavy atom. The number of urea groups is 1. The molecule has 2 amide bonds. The van der Waals surface area contributed by atoms with Crippen LogP contribution in [0.4, 0.5) is 10.5 Å². The summed E-state index contributed by atoms with van der Waals surface area (Å²) in [6.45, 7) is 5.98. The van der Waals surface area contributed by atoms with Gasteiger partial charge in [-0.2, -0.15) is 0 Å². The molecule has 8 heteroatoms. The van der Waals surface area contributed by atoms with Crippen LogP contribution in [0.3, 0.4) is 0 Å². The first-order chi connectivity index (χ1) is 23.5. The molecule has 3 aromatic rings. The summed E-state index contributed by atoms with van der Waals surface area (Å²) in [6, 6.07) is 26.6. The predicted octanol–water partition coefficient (Wildman–Crippen LogP) is 6.63. The Balaban J connectivity index is 0.906. The second-order valence-corrected chi connectivity index (χ2v) is 15.3. The summed E-state index contributed by atoms with van der Waals surface area (Å²) in [5.74, 6) is 2.36. The normalized spacial score (nSPS) is 31.9. The predicted molar refractivity (Wildman–Crippen MR) is 186 cm³/mol. The van der Waals surface area contributed by atoms with Gasteiger partial charge in [-0.25, -0.2) is 4.79 Å². The highest BCUT2D eigenvalue weighted by Gasteiger charge is 2.51. The number of hydrogen-bond donors (Lipinski definition) is 3. The van der Waals surface area contributed by atoms with E-state index in [-0.39, 0.29) is 30.4 Å². The Morgan fingerprint density at radius 3 is 2.00 bits per heavy atom. The molecule has 0 unspecified atom stereocenters. The van der Waals surface area contributed by atoms with E-state index in [9.17, 15) is 9.90 Å². The molecule has 8 nitrogen and oxygen atoms in total. The van der Waals surface area contributed by atoms with Gasteiger partial charge in [-0.1, -0.05) is 66.7 Å². The Bertz CT molecular complexity index is 1490. The van der Waals surface area contributed by atoms with Crippen LogP contribution in [0.2, 0.25) is 0 Å². The molecule has 254 valence electrons. The van der Waals surface area contributed by atoms with E-state index in [1.165, 1.54) is 24.8 Å². The smallest absolute Gasteiger partial charge is 0.319 e. The van der Waals surface area contributed by atoms with Gasteiger partial charge in [0.1, 0.15) is 0 Å². The fourth-order valence-electron chi connectivity index (χ4n) is 9.68. The average Bonchev–Trinajstić information content (AvgIpc) is 3.09. The highest BCUT2D eigenvalue weighted by molar-refractivity contribution is 5.89. The molecule has 2 saturated heterocycles. The summed E-state index contributed by atoms with van der Waals surface area (Å²) >= 11 is 0. The summed E-state index contributed by atoms with van der Waals surface area (Å²) in [5.41, 5.74) is 5.05. The van der Waals surface area contributed by atoms with Crippen LogP contribution in [0, 0.1) is 17.8 Å². The summed E-state index contributed by atoms with van der Waals surface area (Å²) < 4.78 is 13.3. The number of piperazine rings is 1. The number of rotatable bonds is 9. The van der Waals surface area contributed by atoms with Crippen LogP contribution in [0.15, 0.2) is 78.9 Å². The van der Waals surface area contributed by atoms with Crippen molar-refractivity contribution in [1.82, 2.24) is 15.1 Å². The zero-order valence-electron chi connectivity index (χ0n) is 27.9. The van der Waals surface area contributed by atoms with Crippen LogP contribution < -0.4 is 10.6 Å². The van der Waals surface area contributed by atoms with E-state index in [2.05, 4.69) is 62.9 Å². The number of benzene rings is 3. The molecule has 2 aliphatic heterocycles. The number of carbonyl (C=O) groups excluding carboxylic acids is 1. The molecule has 48 heavy (non-hydrogen) atoms. The molecular weight excluding hydrogens is 600 g/mol. The minimum atomic E-state index is -0.513. The fourth-order valence-corrected chi connectivity index (χ4v) is 9.68. The van der Waals surface area contributed by atoms with Crippen molar-refractivity contribution in [3.8, 4) is 0 Å². The molecule has 9 rings (SSSR count). The highest BCUT2D eigenvalue weighted by Crippen LogP contribution is 2.55. The van der Waals surface area contributed by atoms with E-state index >= 15 is 0 Å². The van der Waals surface area contributed by atoms with E-state index in [0.29, 0.717) is 0 Å². The van der Waals surface area contributed by atoms with Gasteiger partial charge in [-0.15, -0.1) is 0 Å². The van der Waals surface area contributed by atoms with Crippen molar-refractivity contribution in [3.63, 3.8) is 0 Å². The number of aliphatic hydroxyl groups excluding tert-OH is 1. The van der Waals surface area contributed by atoms with Crippen LogP contribution in [0.25, 0.3) is 0 Å². The maximum absolute atomic E-state index is 13.2. The number of carbonyl (C=O) groups is 1. The fraction of sp³-hybridized carbons (Fsp3) is 0.525. The van der Waals surface area contributed by atoms with Gasteiger partial charge in [-0.05, 0) is 85.1 Å². The summed E-state index contributed by atoms with van der Waals surface area (Å²) in [5, 5.41) is 16.1. The third kappa shape index (κ3) is 7.33. The zero-order valence-corrected chi connectivity index (χ0v) is 27.9. The Morgan fingerprint density at radius 2 is 1.35 bits per heavy atom. The third-order valence-electron chi connectivity index (χ3n) is 11.6. The molecule has 2 heterocycles. The highest BCUT2D eigenvalue weighted by atomic mass is 16.7. The maximum atomic E-state index is 13.2. The number of anilines is 1. The monoisotopic (exact) mass is 650 g/mol. The van der Waals surface area contributed by atoms with Crippen molar-refractivity contribution in [3.05, 3.63) is 101 Å². The van der Waals surface area contributed by atoms with E-state index in [1.54, 1.807) is 0 Å². The second kappa shape index (κ2) is 13.9. The topological polar surface area (TPSA) is 86.3 Å². The van der Waals surface area contributed by atoms with Gasteiger partial charge in [0, 0.05) is 62.5 Å². The number of ether oxygens (including phenoxy) is 2. The van der Waals surface area contributed by atoms with Gasteiger partial charge in [0.15, 0.2) is 6.29 Å². The van der Waals surface area contributed by atoms with Gasteiger partial charge < -0.3 is 25.2 Å². The first-order valence-electron chi connectivity index (χ1n) is 18.2. The van der Waals surface area contributed by atoms with Crippen LogP contribution in [0.1, 0.15) is 79.6 Å². The third-order valence-corrected chi connectivity index (χ3v) is 11.6. The first kappa shape index (κ1) is 32.0. The van der Waals surface area contributed by atoms with E-state index < -0.39 is 6.29 Å². The van der Waals surface area contributed by atoms with Gasteiger partial charge >= 0.3 is 6.03 Å². The van der Waals surface area contributed by atoms with E-state index in [4.69, 9.17) is 9.47 Å². The van der Waals surface area contributed by atoms with Gasteiger partial charge in [0.05, 0.1) is 18.8 Å². The zero-order chi connectivity index (χ0) is 32.5. The second-order valence-electron chi connectivity index (χ2n) is 15.3. The molecule has 0 spiro atoms. The first-order valence-corrected chi connectivity index (χ1v) is 18.2. The number of amides is 2. The van der Waals surface area contributed by atoms with Crippen molar-refractivity contribution in [2.24, 2.45) is 17.8 Å². The Kier molecular flexibility index (Phi) is 9.27. The quantitative estimate of drug-likeness (QED) is 0.241. The molecule has 4 bridgehead atoms. The van der Waals surface area contributed by atoms with Crippen LogP contribution in [-0.2, 0) is 22.6 Å². The van der Waals surface area contributed by atoms with E-state index in [0.717, 1.165) is 105 Å². The summed E-state index contributed by atoms with van der Waals surface area (Å²) in [4.78, 5) is 18.2. The maximum Gasteiger partial charge on any atom is 0.319 e. The lowest BCUT2D eigenvalue weighted by molar-refractivity contribution is -0.253. The molecule has 3 aromatic carbocycles. The van der Waals surface area contributed by atoms with Crippen molar-refractivity contribution in [2.75, 3.05) is 38.0 Å². The minimum Gasteiger partial charge on any atom is -0.392 e. The lowest BCUT2D eigenvalue weighted by atomic mass is 9.53. The van der Waals surface area contributed by atoms with E-state index in [1.807, 2.05) is 36.4 Å². The van der Waals surface area contributed by atoms with Crippen LogP contribution >= 0.6 is 0 Å². The molecule has 3 N–H and O–H groups in total. The SMILES string of the molecule is O=C(Nc1ccc([C@H]2O[C@@H](CN3CCN(Cc4ccccc4)CC3)C[C@@H](c3ccc(CO)cc3)O2)cc1)NC12CC3CC(CC(C3)C1)C2. The van der Waals surface area contributed by atoms with Gasteiger partial charge in [0.2, 0.25) is 0 Å². The largest absolute Gasteiger partial charge is 0.392 e. The molecule has 0 radical (unpaired) electrons. The number of nitrogens with zero attached hydrogens (tertiary/aromatic N) is 2. The number of aliphatic hydroxyl groups is 1. The number of hydrogen-bond acceptors (Lipinski definition) is 6. The van der Waals surface area contributed by atoms with Gasteiger partial charge in [-0.3, -0.25) is 9.80 Å². The Labute approximate surface area is 284 Å². The van der Waals surface area contributed by atoms with Crippen LogP contribution in [-0.4, -0.2) is 65.3 Å². The molecular formula is C40H50N4O4. The van der Waals surface area contributed by atoms with Gasteiger partial charge in [0.25, 0.3) is 0 Å². The number of nitrogens with one attached hydrogen (secondary N) is 2. The van der Waals surface area contributed by atoms with Crippen molar-refractivity contribution in [2.45, 2.75) is 82.1 Å². The minimum absolute atomic E-state index is 0.0100. The molecule has 6 aliphatic rings. The lowest BCUT2D eigenvalue weighted by Crippen LogP contribution is -2.60. The Hall–Kier alpha value is -3.27. The molecule has 6 fully saturated rings. The molecule has 0 aromatic heterocycles. The average molecular weight is 651 g/mol. The van der Waals surface area contributed by atoms with Crippen LogP contribution in [0.5, 0.6) is 0 Å². The van der Waals surface area contributed by atoms with Crippen molar-refractivity contribution < 1.29 is 19.4 Å². The summed E-state index contributed by atoms with van der Waals surface area (Å²) in [6.07, 6.45) is 7.62. The lowest BCUT2D eigenvalue weighted by Gasteiger charge is -2.56. The summed E-state index contributed by atoms with van der Waals surface area (Å²) in [7, 11) is 0. The van der Waals surface area contributed by atoms with Crippen molar-refractivity contribution in [1.29, 1.82) is 0 Å².